The van der Waals surface area contributed by atoms with Crippen molar-refractivity contribution in [3.63, 3.8) is 0 Å². The summed E-state index contributed by atoms with van der Waals surface area (Å²) >= 11 is 0. The zero-order valence-electron chi connectivity index (χ0n) is 49.6. The highest BCUT2D eigenvalue weighted by Crippen LogP contribution is 2.59. The van der Waals surface area contributed by atoms with Crippen molar-refractivity contribution in [2.75, 3.05) is 33.0 Å². The van der Waals surface area contributed by atoms with E-state index in [1.807, 2.05) is 64.1 Å². The predicted molar refractivity (Wildman–Crippen MR) is 305 cm³/mol. The van der Waals surface area contributed by atoms with E-state index in [9.17, 15) is 9.59 Å². The van der Waals surface area contributed by atoms with Gasteiger partial charge in [-0.1, -0.05) is 114 Å². The first-order valence-corrected chi connectivity index (χ1v) is 28.3. The summed E-state index contributed by atoms with van der Waals surface area (Å²) in [7, 11) is 0. The molecule has 416 valence electrons. The quantitative estimate of drug-likeness (QED) is 0.0310. The molecule has 8 nitrogen and oxygen atoms in total. The Labute approximate surface area is 451 Å². The van der Waals surface area contributed by atoms with Gasteiger partial charge in [-0.05, 0) is 199 Å². The Morgan fingerprint density at radius 2 is 1.07 bits per heavy atom. The van der Waals surface area contributed by atoms with Gasteiger partial charge in [0.25, 0.3) is 0 Å². The molecule has 4 rings (SSSR count). The van der Waals surface area contributed by atoms with Crippen LogP contribution in [0.15, 0.2) is 97.6 Å². The average molecular weight is 1030 g/mol. The van der Waals surface area contributed by atoms with Gasteiger partial charge in [0.05, 0.1) is 30.0 Å². The van der Waals surface area contributed by atoms with Crippen LogP contribution in [0, 0.1) is 34.0 Å². The van der Waals surface area contributed by atoms with Crippen LogP contribution in [0.3, 0.4) is 0 Å². The lowest BCUT2D eigenvalue weighted by molar-refractivity contribution is -0.161. The van der Waals surface area contributed by atoms with Gasteiger partial charge in [0.2, 0.25) is 0 Å². The molecule has 2 fully saturated rings. The minimum absolute atomic E-state index is 0.104. The van der Waals surface area contributed by atoms with Crippen molar-refractivity contribution < 1.29 is 38.0 Å². The number of benzene rings is 2. The highest BCUT2D eigenvalue weighted by Gasteiger charge is 2.51. The molecule has 74 heavy (non-hydrogen) atoms. The van der Waals surface area contributed by atoms with Crippen molar-refractivity contribution in [1.82, 2.24) is 0 Å². The van der Waals surface area contributed by atoms with Gasteiger partial charge < -0.3 is 28.4 Å². The van der Waals surface area contributed by atoms with E-state index in [1.54, 1.807) is 13.8 Å². The zero-order valence-corrected chi connectivity index (χ0v) is 49.6. The van der Waals surface area contributed by atoms with Crippen molar-refractivity contribution >= 4 is 11.9 Å². The van der Waals surface area contributed by atoms with E-state index in [0.29, 0.717) is 49.4 Å². The molecule has 8 heteroatoms. The Balaban J connectivity index is 1.17. The highest BCUT2D eigenvalue weighted by molar-refractivity contribution is 5.87. The Hall–Kier alpha value is -3.56. The largest absolute Gasteiger partial charge is 0.456 e. The molecule has 0 radical (unpaired) electrons. The highest BCUT2D eigenvalue weighted by atomic mass is 16.6. The number of allylic oxidation sites excluding steroid dienone is 1. The Morgan fingerprint density at radius 1 is 0.622 bits per heavy atom. The van der Waals surface area contributed by atoms with Gasteiger partial charge in [-0.15, -0.1) is 6.58 Å². The number of esters is 2. The summed E-state index contributed by atoms with van der Waals surface area (Å²) in [5.74, 6) is 0.930. The van der Waals surface area contributed by atoms with Crippen LogP contribution in [0.4, 0.5) is 0 Å². The van der Waals surface area contributed by atoms with Crippen LogP contribution in [-0.2, 0) is 38.0 Å². The minimum atomic E-state index is -0.791. The van der Waals surface area contributed by atoms with Crippen LogP contribution in [0.25, 0.3) is 0 Å². The molecular weight excluding hydrogens is 921 g/mol. The van der Waals surface area contributed by atoms with E-state index < -0.39 is 16.8 Å². The van der Waals surface area contributed by atoms with Crippen molar-refractivity contribution in [2.24, 2.45) is 34.0 Å². The Kier molecular flexibility index (Phi) is 22.3. The number of rotatable bonds is 32. The van der Waals surface area contributed by atoms with Crippen molar-refractivity contribution in [3.8, 4) is 0 Å². The molecule has 0 heterocycles. The first-order valence-electron chi connectivity index (χ1n) is 28.3. The maximum absolute atomic E-state index is 12.6. The molecule has 2 aromatic rings. The molecule has 0 spiro atoms. The summed E-state index contributed by atoms with van der Waals surface area (Å²) in [5.41, 5.74) is 0.966. The maximum atomic E-state index is 12.6. The molecule has 5 atom stereocenters. The third kappa shape index (κ3) is 18.6. The fraction of sp³-hybridized carbons (Fsp3) is 0.697. The van der Waals surface area contributed by atoms with Gasteiger partial charge in [0, 0.05) is 42.8 Å². The molecule has 5 unspecified atom stereocenters. The van der Waals surface area contributed by atoms with Gasteiger partial charge in [0.15, 0.2) is 0 Å². The van der Waals surface area contributed by atoms with Crippen LogP contribution in [0.5, 0.6) is 0 Å². The normalized spacial score (nSPS) is 22.8. The van der Waals surface area contributed by atoms with E-state index in [4.69, 9.17) is 28.4 Å². The number of unbranched alkanes of at least 4 members (excludes halogenated alkanes) is 2. The molecule has 0 bridgehead atoms. The monoisotopic (exact) mass is 1020 g/mol. The summed E-state index contributed by atoms with van der Waals surface area (Å²) in [6, 6.07) is 20.4. The molecule has 2 aliphatic rings. The number of hydrogen-bond donors (Lipinski definition) is 0. The fourth-order valence-corrected chi connectivity index (χ4v) is 12.6. The second kappa shape index (κ2) is 26.2. The SMILES string of the molecule is C=CC1CC(C)(CC(C)(C)OCCCCC(C)(C)C(C)(C)OCC(c2ccccc2)C(C)(C)OC(=O)C(=C)C)CCC1C1CC(C)(CC(C)(C)OCCCCOCC(c2ccccc2)C(C)(C)OC(=O)C(=C)C)C1. The predicted octanol–water partition coefficient (Wildman–Crippen LogP) is 16.5. The summed E-state index contributed by atoms with van der Waals surface area (Å²) in [6.45, 7) is 49.2. The number of carbonyl (C=O) groups excluding carboxylic acids is 2. The summed E-state index contributed by atoms with van der Waals surface area (Å²) in [6.07, 6.45) is 15.4. The molecule has 0 amide bonds. The molecule has 2 saturated carbocycles. The molecule has 0 saturated heterocycles. The van der Waals surface area contributed by atoms with Crippen LogP contribution in [0.1, 0.15) is 211 Å². The van der Waals surface area contributed by atoms with E-state index in [2.05, 4.69) is 119 Å². The third-order valence-electron chi connectivity index (χ3n) is 17.4. The minimum Gasteiger partial charge on any atom is -0.456 e. The van der Waals surface area contributed by atoms with E-state index in [-0.39, 0.29) is 51.2 Å². The lowest BCUT2D eigenvalue weighted by Gasteiger charge is -2.55. The van der Waals surface area contributed by atoms with Gasteiger partial charge >= 0.3 is 11.9 Å². The topological polar surface area (TPSA) is 89.5 Å². The van der Waals surface area contributed by atoms with Crippen LogP contribution >= 0.6 is 0 Å². The van der Waals surface area contributed by atoms with Gasteiger partial charge in [0.1, 0.15) is 11.2 Å². The smallest absolute Gasteiger partial charge is 0.333 e. The molecule has 0 aliphatic heterocycles. The van der Waals surface area contributed by atoms with Gasteiger partial charge in [-0.2, -0.15) is 0 Å². The second-order valence-corrected chi connectivity index (χ2v) is 27.1. The first-order chi connectivity index (χ1) is 34.3. The van der Waals surface area contributed by atoms with Gasteiger partial charge in [-0.25, -0.2) is 9.59 Å². The Morgan fingerprint density at radius 3 is 1.54 bits per heavy atom. The van der Waals surface area contributed by atoms with E-state index in [1.165, 1.54) is 32.1 Å². The van der Waals surface area contributed by atoms with Crippen LogP contribution in [-0.4, -0.2) is 73.0 Å². The van der Waals surface area contributed by atoms with Crippen LogP contribution in [0.2, 0.25) is 0 Å². The number of ether oxygens (including phenoxy) is 6. The fourth-order valence-electron chi connectivity index (χ4n) is 12.6. The zero-order chi connectivity index (χ0) is 55.4. The third-order valence-corrected chi connectivity index (χ3v) is 17.4. The summed E-state index contributed by atoms with van der Waals surface area (Å²) in [4.78, 5) is 25.1. The summed E-state index contributed by atoms with van der Waals surface area (Å²) in [5, 5.41) is 0. The standard InChI is InChI=1S/C66H104O8/c1-20-50-41-65(18,46-60(8,9)70-39-28-27-36-59(6,7)64(16,17)72-45-56(52-33-25-22-26-34-52)63(14,15)74-58(68)49(4)5)37-35-54(50)53-42-66(19,43-53)47-61(10,11)71-40-30-29-38-69-44-55(51-31-23-21-24-32-51)62(12,13)73-57(67)48(2)3/h20-26,31-34,50,53-56H,1-2,4,27-30,35-47H2,3,5-19H3. The average Bonchev–Trinajstić information content (AvgIpc) is 3.28. The van der Waals surface area contributed by atoms with E-state index in [0.717, 1.165) is 68.6 Å². The first kappa shape index (κ1) is 63.0. The van der Waals surface area contributed by atoms with Crippen LogP contribution < -0.4 is 0 Å². The maximum Gasteiger partial charge on any atom is 0.333 e. The molecule has 0 aromatic heterocycles. The van der Waals surface area contributed by atoms with Gasteiger partial charge in [-0.3, -0.25) is 0 Å². The van der Waals surface area contributed by atoms with Crippen molar-refractivity contribution in [3.05, 3.63) is 109 Å². The summed E-state index contributed by atoms with van der Waals surface area (Å²) < 4.78 is 38.2. The second-order valence-electron chi connectivity index (χ2n) is 27.1. The lowest BCUT2D eigenvalue weighted by Crippen LogP contribution is -2.47. The van der Waals surface area contributed by atoms with Crippen molar-refractivity contribution in [1.29, 1.82) is 0 Å². The van der Waals surface area contributed by atoms with Crippen molar-refractivity contribution in [2.45, 2.75) is 228 Å². The molecule has 0 N–H and O–H groups in total. The van der Waals surface area contributed by atoms with E-state index >= 15 is 0 Å². The molecular formula is C66H104O8. The molecule has 2 aromatic carbocycles. The Bertz CT molecular complexity index is 2110. The molecule has 2 aliphatic carbocycles. The number of hydrogen-bond acceptors (Lipinski definition) is 8. The lowest BCUT2D eigenvalue weighted by atomic mass is 9.51. The number of carbonyl (C=O) groups is 2.